The molecule has 0 saturated heterocycles. The third-order valence-electron chi connectivity index (χ3n) is 4.24. The van der Waals surface area contributed by atoms with Crippen molar-refractivity contribution in [2.45, 2.75) is 26.2 Å². The zero-order chi connectivity index (χ0) is 17.8. The Morgan fingerprint density at radius 3 is 2.76 bits per heavy atom. The second-order valence-corrected chi connectivity index (χ2v) is 7.40. The van der Waals surface area contributed by atoms with Gasteiger partial charge in [-0.05, 0) is 61.1 Å². The number of hydrogen-bond acceptors (Lipinski definition) is 5. The lowest BCUT2D eigenvalue weighted by Gasteiger charge is -2.16. The van der Waals surface area contributed by atoms with Gasteiger partial charge in [0, 0.05) is 10.6 Å². The number of hydrogen-bond donors (Lipinski definition) is 1. The van der Waals surface area contributed by atoms with E-state index in [0.717, 1.165) is 19.3 Å². The predicted molar refractivity (Wildman–Crippen MR) is 97.4 cm³/mol. The molecule has 6 heteroatoms. The van der Waals surface area contributed by atoms with Crippen molar-refractivity contribution < 1.29 is 19.1 Å². The summed E-state index contributed by atoms with van der Waals surface area (Å²) in [5.74, 6) is 0.562. The fourth-order valence-corrected chi connectivity index (χ4v) is 3.98. The standard InChI is InChI=1S/C19H21NO4S/c1-12-3-8-16-13(9-12)10-17(25-16)19(22)24-11-18(21)20-14-4-6-15(23-2)7-5-14/h4-7,10,12H,3,8-9,11H2,1-2H3,(H,20,21)/t12-/m0/s1. The van der Waals surface area contributed by atoms with E-state index in [1.54, 1.807) is 31.4 Å². The normalized spacial score (nSPS) is 16.0. The molecule has 0 unspecified atom stereocenters. The summed E-state index contributed by atoms with van der Waals surface area (Å²) >= 11 is 1.49. The Kier molecular flexibility index (Phi) is 5.38. The lowest BCUT2D eigenvalue weighted by atomic mass is 9.90. The van der Waals surface area contributed by atoms with Crippen molar-refractivity contribution in [2.24, 2.45) is 5.92 Å². The van der Waals surface area contributed by atoms with Crippen molar-refractivity contribution in [2.75, 3.05) is 19.0 Å². The van der Waals surface area contributed by atoms with E-state index in [9.17, 15) is 9.59 Å². The summed E-state index contributed by atoms with van der Waals surface area (Å²) in [6.07, 6.45) is 3.19. The summed E-state index contributed by atoms with van der Waals surface area (Å²) < 4.78 is 10.2. The van der Waals surface area contributed by atoms with Crippen LogP contribution < -0.4 is 10.1 Å². The highest BCUT2D eigenvalue weighted by molar-refractivity contribution is 7.14. The smallest absolute Gasteiger partial charge is 0.348 e. The van der Waals surface area contributed by atoms with Crippen LogP contribution in [0.2, 0.25) is 0 Å². The third-order valence-corrected chi connectivity index (χ3v) is 5.46. The van der Waals surface area contributed by atoms with Gasteiger partial charge in [0.2, 0.25) is 0 Å². The average Bonchev–Trinajstić information content (AvgIpc) is 3.03. The highest BCUT2D eigenvalue weighted by Crippen LogP contribution is 2.32. The molecule has 1 heterocycles. The third kappa shape index (κ3) is 4.39. The van der Waals surface area contributed by atoms with Gasteiger partial charge in [0.25, 0.3) is 5.91 Å². The first kappa shape index (κ1) is 17.5. The molecule has 0 saturated carbocycles. The molecule has 25 heavy (non-hydrogen) atoms. The molecule has 1 aliphatic rings. The number of rotatable bonds is 5. The van der Waals surface area contributed by atoms with Gasteiger partial charge < -0.3 is 14.8 Å². The Balaban J connectivity index is 1.52. The molecule has 132 valence electrons. The monoisotopic (exact) mass is 359 g/mol. The fraction of sp³-hybridized carbons (Fsp3) is 0.368. The van der Waals surface area contributed by atoms with E-state index < -0.39 is 5.97 Å². The molecule has 0 aliphatic heterocycles. The Bertz CT molecular complexity index is 766. The number of carbonyl (C=O) groups is 2. The van der Waals surface area contributed by atoms with Crippen LogP contribution in [-0.4, -0.2) is 25.6 Å². The molecule has 1 atom stereocenters. The number of carbonyl (C=O) groups excluding carboxylic acids is 2. The van der Waals surface area contributed by atoms with Crippen molar-refractivity contribution in [1.82, 2.24) is 0 Å². The number of aryl methyl sites for hydroxylation is 1. The molecule has 0 radical (unpaired) electrons. The fourth-order valence-electron chi connectivity index (χ4n) is 2.88. The molecule has 1 aliphatic carbocycles. The van der Waals surface area contributed by atoms with Crippen LogP contribution in [0.4, 0.5) is 5.69 Å². The summed E-state index contributed by atoms with van der Waals surface area (Å²) in [6, 6.07) is 8.87. The van der Waals surface area contributed by atoms with Crippen LogP contribution in [0, 0.1) is 5.92 Å². The van der Waals surface area contributed by atoms with E-state index in [1.165, 1.54) is 21.8 Å². The largest absolute Gasteiger partial charge is 0.497 e. The topological polar surface area (TPSA) is 64.6 Å². The number of amides is 1. The summed E-state index contributed by atoms with van der Waals surface area (Å²) in [4.78, 5) is 26.0. The minimum Gasteiger partial charge on any atom is -0.497 e. The minimum absolute atomic E-state index is 0.302. The second kappa shape index (κ2) is 7.70. The van der Waals surface area contributed by atoms with Gasteiger partial charge in [0.15, 0.2) is 6.61 Å². The summed E-state index contributed by atoms with van der Waals surface area (Å²) in [5, 5.41) is 2.69. The van der Waals surface area contributed by atoms with Crippen LogP contribution in [0.1, 0.15) is 33.5 Å². The molecule has 0 bridgehead atoms. The van der Waals surface area contributed by atoms with Crippen molar-refractivity contribution in [3.63, 3.8) is 0 Å². The Morgan fingerprint density at radius 1 is 1.28 bits per heavy atom. The molecule has 3 rings (SSSR count). The molecule has 1 amide bonds. The van der Waals surface area contributed by atoms with E-state index in [4.69, 9.17) is 9.47 Å². The van der Waals surface area contributed by atoms with Crippen LogP contribution in [0.25, 0.3) is 0 Å². The number of thiophene rings is 1. The van der Waals surface area contributed by atoms with Crippen LogP contribution >= 0.6 is 11.3 Å². The zero-order valence-electron chi connectivity index (χ0n) is 14.3. The number of ether oxygens (including phenoxy) is 2. The maximum absolute atomic E-state index is 12.2. The average molecular weight is 359 g/mol. The Labute approximate surface area is 151 Å². The van der Waals surface area contributed by atoms with Crippen LogP contribution in [0.5, 0.6) is 5.75 Å². The molecule has 2 aromatic rings. The van der Waals surface area contributed by atoms with Gasteiger partial charge >= 0.3 is 5.97 Å². The van der Waals surface area contributed by atoms with E-state index in [1.807, 2.05) is 6.07 Å². The lowest BCUT2D eigenvalue weighted by Crippen LogP contribution is -2.20. The highest BCUT2D eigenvalue weighted by atomic mass is 32.1. The van der Waals surface area contributed by atoms with Gasteiger partial charge in [-0.1, -0.05) is 6.92 Å². The zero-order valence-corrected chi connectivity index (χ0v) is 15.2. The summed E-state index contributed by atoms with van der Waals surface area (Å²) in [5.41, 5.74) is 1.88. The van der Waals surface area contributed by atoms with Crippen LogP contribution in [0.3, 0.4) is 0 Å². The molecule has 5 nitrogen and oxygen atoms in total. The van der Waals surface area contributed by atoms with Crippen molar-refractivity contribution >= 4 is 28.9 Å². The van der Waals surface area contributed by atoms with E-state index in [-0.39, 0.29) is 12.5 Å². The van der Waals surface area contributed by atoms with Gasteiger partial charge in [-0.15, -0.1) is 11.3 Å². The van der Waals surface area contributed by atoms with E-state index in [0.29, 0.717) is 22.2 Å². The molecule has 1 aromatic carbocycles. The summed E-state index contributed by atoms with van der Waals surface area (Å²) in [7, 11) is 1.58. The SMILES string of the molecule is COc1ccc(NC(=O)COC(=O)c2cc3c(s2)CC[C@H](C)C3)cc1. The minimum atomic E-state index is -0.433. The lowest BCUT2D eigenvalue weighted by molar-refractivity contribution is -0.119. The molecule has 0 spiro atoms. The van der Waals surface area contributed by atoms with Crippen molar-refractivity contribution in [3.05, 3.63) is 45.6 Å². The van der Waals surface area contributed by atoms with Gasteiger partial charge in [-0.2, -0.15) is 0 Å². The maximum Gasteiger partial charge on any atom is 0.348 e. The number of benzene rings is 1. The van der Waals surface area contributed by atoms with E-state index >= 15 is 0 Å². The first-order valence-corrected chi connectivity index (χ1v) is 9.09. The first-order valence-electron chi connectivity index (χ1n) is 8.27. The second-order valence-electron chi connectivity index (χ2n) is 6.26. The molecular formula is C19H21NO4S. The van der Waals surface area contributed by atoms with Crippen molar-refractivity contribution in [3.8, 4) is 5.75 Å². The van der Waals surface area contributed by atoms with Gasteiger partial charge in [-0.3, -0.25) is 4.79 Å². The molecule has 0 fully saturated rings. The maximum atomic E-state index is 12.2. The van der Waals surface area contributed by atoms with Crippen LogP contribution in [-0.2, 0) is 22.4 Å². The Morgan fingerprint density at radius 2 is 2.04 bits per heavy atom. The quantitative estimate of drug-likeness (QED) is 0.827. The molecule has 1 N–H and O–H groups in total. The number of methoxy groups -OCH3 is 1. The predicted octanol–water partition coefficient (Wildman–Crippen LogP) is 3.68. The van der Waals surface area contributed by atoms with Crippen LogP contribution in [0.15, 0.2) is 30.3 Å². The molecular weight excluding hydrogens is 338 g/mol. The number of esters is 1. The van der Waals surface area contributed by atoms with Crippen molar-refractivity contribution in [1.29, 1.82) is 0 Å². The number of fused-ring (bicyclic) bond motifs is 1. The first-order chi connectivity index (χ1) is 12.0. The summed E-state index contributed by atoms with van der Waals surface area (Å²) in [6.45, 7) is 1.92. The number of anilines is 1. The molecule has 1 aromatic heterocycles. The number of nitrogens with one attached hydrogen (secondary N) is 1. The van der Waals surface area contributed by atoms with Gasteiger partial charge in [0.05, 0.1) is 7.11 Å². The van der Waals surface area contributed by atoms with Gasteiger partial charge in [0.1, 0.15) is 10.6 Å². The van der Waals surface area contributed by atoms with Gasteiger partial charge in [-0.25, -0.2) is 4.79 Å². The Hall–Kier alpha value is -2.34. The highest BCUT2D eigenvalue weighted by Gasteiger charge is 2.21. The van der Waals surface area contributed by atoms with E-state index in [2.05, 4.69) is 12.2 Å².